The molecule has 0 aromatic heterocycles. The van der Waals surface area contributed by atoms with E-state index in [1.165, 1.54) is 5.56 Å². The van der Waals surface area contributed by atoms with Gasteiger partial charge in [0.25, 0.3) is 5.91 Å². The van der Waals surface area contributed by atoms with Crippen LogP contribution < -0.4 is 20.5 Å². The Bertz CT molecular complexity index is 937. The number of aliphatic hydroxyl groups is 1. The molecule has 168 valence electrons. The highest BCUT2D eigenvalue weighted by Gasteiger charge is 2.72. The van der Waals surface area contributed by atoms with Crippen molar-refractivity contribution in [3.63, 3.8) is 0 Å². The van der Waals surface area contributed by atoms with Gasteiger partial charge in [0, 0.05) is 24.7 Å². The highest BCUT2D eigenvalue weighted by atomic mass is 16.6. The van der Waals surface area contributed by atoms with Crippen LogP contribution in [0.25, 0.3) is 0 Å². The number of ether oxygens (including phenoxy) is 2. The minimum absolute atomic E-state index is 0.0173. The molecule has 9 heteroatoms. The Hall–Kier alpha value is -2.36. The van der Waals surface area contributed by atoms with Crippen LogP contribution in [0.5, 0.6) is 11.5 Å². The summed E-state index contributed by atoms with van der Waals surface area (Å²) in [4.78, 5) is 19.5. The molecule has 1 aromatic rings. The van der Waals surface area contributed by atoms with Gasteiger partial charge in [0.1, 0.15) is 0 Å². The molecule has 0 radical (unpaired) electrons. The second kappa shape index (κ2) is 7.36. The van der Waals surface area contributed by atoms with Gasteiger partial charge in [-0.15, -0.1) is 0 Å². The molecule has 2 fully saturated rings. The zero-order valence-corrected chi connectivity index (χ0v) is 18.0. The van der Waals surface area contributed by atoms with Gasteiger partial charge in [-0.25, -0.2) is 0 Å². The maximum absolute atomic E-state index is 12.1. The van der Waals surface area contributed by atoms with E-state index in [9.17, 15) is 9.90 Å². The number of hydrogen-bond acceptors (Lipinski definition) is 8. The van der Waals surface area contributed by atoms with Crippen LogP contribution in [0.1, 0.15) is 30.4 Å². The van der Waals surface area contributed by atoms with E-state index in [1.54, 1.807) is 7.11 Å². The van der Waals surface area contributed by atoms with Crippen LogP contribution in [-0.2, 0) is 21.5 Å². The lowest BCUT2D eigenvalue weighted by atomic mass is 9.49. The first-order valence-electron chi connectivity index (χ1n) is 10.9. The van der Waals surface area contributed by atoms with Crippen LogP contribution in [0.3, 0.4) is 0 Å². The van der Waals surface area contributed by atoms with Crippen LogP contribution in [-0.4, -0.2) is 79.8 Å². The van der Waals surface area contributed by atoms with Crippen molar-refractivity contribution < 1.29 is 24.2 Å². The molecular formula is C22H30N4O5. The van der Waals surface area contributed by atoms with E-state index in [-0.39, 0.29) is 18.6 Å². The lowest BCUT2D eigenvalue weighted by Crippen LogP contribution is -2.76. The Labute approximate surface area is 181 Å². The number of hydrogen-bond donors (Lipinski definition) is 3. The molecule has 1 aromatic carbocycles. The van der Waals surface area contributed by atoms with Crippen molar-refractivity contribution in [2.45, 2.75) is 48.8 Å². The number of nitrogens with zero attached hydrogens (tertiary/aromatic N) is 2. The molecule has 2 heterocycles. The first kappa shape index (κ1) is 20.5. The fraction of sp³-hybridized carbons (Fsp3) is 0.636. The summed E-state index contributed by atoms with van der Waals surface area (Å²) in [6.45, 7) is 1.45. The van der Waals surface area contributed by atoms with E-state index in [4.69, 9.17) is 20.0 Å². The van der Waals surface area contributed by atoms with Gasteiger partial charge in [-0.05, 0) is 50.9 Å². The summed E-state index contributed by atoms with van der Waals surface area (Å²) >= 11 is 0. The molecule has 1 saturated heterocycles. The molecule has 4 atom stereocenters. The third-order valence-electron chi connectivity index (χ3n) is 7.59. The Morgan fingerprint density at radius 1 is 1.45 bits per heavy atom. The largest absolute Gasteiger partial charge is 0.493 e. The molecule has 5 rings (SSSR count). The van der Waals surface area contributed by atoms with E-state index in [1.807, 2.05) is 6.07 Å². The fourth-order valence-corrected chi connectivity index (χ4v) is 6.23. The zero-order chi connectivity index (χ0) is 21.8. The Morgan fingerprint density at radius 3 is 3.06 bits per heavy atom. The third-order valence-corrected chi connectivity index (χ3v) is 7.59. The van der Waals surface area contributed by atoms with Gasteiger partial charge in [-0.2, -0.15) is 0 Å². The number of benzene rings is 1. The second-order valence-electron chi connectivity index (χ2n) is 8.97. The Balaban J connectivity index is 1.53. The minimum atomic E-state index is -0.924. The van der Waals surface area contributed by atoms with Crippen LogP contribution in [0, 0.1) is 0 Å². The highest BCUT2D eigenvalue weighted by molar-refractivity contribution is 5.94. The van der Waals surface area contributed by atoms with Crippen LogP contribution in [0.2, 0.25) is 0 Å². The third kappa shape index (κ3) is 2.73. The summed E-state index contributed by atoms with van der Waals surface area (Å²) in [5.41, 5.74) is 6.88. The maximum Gasteiger partial charge on any atom is 0.260 e. The average Bonchev–Trinajstić information content (AvgIpc) is 3.12. The number of oxime groups is 1. The first-order chi connectivity index (χ1) is 15.0. The Kier molecular flexibility index (Phi) is 4.87. The lowest BCUT2D eigenvalue weighted by Gasteiger charge is -2.62. The number of methoxy groups -OCH3 is 1. The number of amides is 1. The van der Waals surface area contributed by atoms with Crippen LogP contribution in [0.4, 0.5) is 0 Å². The van der Waals surface area contributed by atoms with Crippen molar-refractivity contribution in [3.05, 3.63) is 23.3 Å². The molecule has 4 N–H and O–H groups in total. The predicted molar refractivity (Wildman–Crippen MR) is 113 cm³/mol. The van der Waals surface area contributed by atoms with Gasteiger partial charge in [-0.3, -0.25) is 4.79 Å². The number of nitrogens with two attached hydrogens (primary N) is 1. The molecule has 4 aliphatic rings. The van der Waals surface area contributed by atoms with E-state index in [2.05, 4.69) is 28.5 Å². The number of nitrogens with one attached hydrogen (secondary N) is 1. The summed E-state index contributed by atoms with van der Waals surface area (Å²) in [5, 5.41) is 19.1. The standard InChI is InChI=1S/C22H30N4O5/c1-26-10-7-21-18-13-3-4-15(29-2)19(18)31-20(21)14(5-6-22(21,28)16(26)11-13)25-30-12-17(27)24-9-8-23/h3-4,16,20,28H,5-12,23H2,1-2H3,(H,24,27)/b25-14-/t16-,20+,21+,22-/m1/s1. The molecule has 9 nitrogen and oxygen atoms in total. The highest BCUT2D eigenvalue weighted by Crippen LogP contribution is 2.64. The van der Waals surface area contributed by atoms with E-state index >= 15 is 0 Å². The molecular weight excluding hydrogens is 400 g/mol. The van der Waals surface area contributed by atoms with Crippen molar-refractivity contribution in [3.8, 4) is 11.5 Å². The summed E-state index contributed by atoms with van der Waals surface area (Å²) < 4.78 is 12.1. The summed E-state index contributed by atoms with van der Waals surface area (Å²) in [5.74, 6) is 1.11. The van der Waals surface area contributed by atoms with Crippen molar-refractivity contribution >= 4 is 11.6 Å². The SMILES string of the molecule is COc1ccc2c3c1O[C@H]1/C(=N\OCC(=O)NCCN)CC[C@@]4(O)[C@@H](C2)N(C)CC[C@]314. The van der Waals surface area contributed by atoms with E-state index in [0.717, 1.165) is 30.7 Å². The molecule has 1 saturated carbocycles. The molecule has 1 amide bonds. The van der Waals surface area contributed by atoms with Gasteiger partial charge < -0.3 is 35.4 Å². The number of rotatable bonds is 6. The van der Waals surface area contributed by atoms with Gasteiger partial charge in [0.15, 0.2) is 24.2 Å². The lowest BCUT2D eigenvalue weighted by molar-refractivity contribution is -0.161. The summed E-state index contributed by atoms with van der Waals surface area (Å²) in [6, 6.07) is 4.06. The van der Waals surface area contributed by atoms with Crippen LogP contribution >= 0.6 is 0 Å². The van der Waals surface area contributed by atoms with Crippen molar-refractivity contribution in [1.29, 1.82) is 0 Å². The van der Waals surface area contributed by atoms with Crippen molar-refractivity contribution in [2.75, 3.05) is 40.4 Å². The quantitative estimate of drug-likeness (QED) is 0.541. The molecule has 1 spiro atoms. The Morgan fingerprint density at radius 2 is 2.29 bits per heavy atom. The van der Waals surface area contributed by atoms with Gasteiger partial charge >= 0.3 is 0 Å². The minimum Gasteiger partial charge on any atom is -0.493 e. The molecule has 31 heavy (non-hydrogen) atoms. The summed E-state index contributed by atoms with van der Waals surface area (Å²) in [7, 11) is 3.72. The van der Waals surface area contributed by atoms with Crippen molar-refractivity contribution in [2.24, 2.45) is 10.9 Å². The predicted octanol–water partition coefficient (Wildman–Crippen LogP) is -0.0734. The number of likely N-dealkylation sites (tertiary alicyclic amines) is 1. The second-order valence-corrected chi connectivity index (χ2v) is 8.97. The number of carbonyl (C=O) groups excluding carboxylic acids is 1. The summed E-state index contributed by atoms with van der Waals surface area (Å²) in [6.07, 6.45) is 2.20. The number of carbonyl (C=O) groups is 1. The van der Waals surface area contributed by atoms with Gasteiger partial charge in [0.05, 0.1) is 23.8 Å². The maximum atomic E-state index is 12.1. The topological polar surface area (TPSA) is 119 Å². The number of likely N-dealkylation sites (N-methyl/N-ethyl adjacent to an activating group) is 1. The zero-order valence-electron chi connectivity index (χ0n) is 18.0. The molecule has 2 aliphatic heterocycles. The van der Waals surface area contributed by atoms with E-state index in [0.29, 0.717) is 37.4 Å². The fourth-order valence-electron chi connectivity index (χ4n) is 6.23. The smallest absolute Gasteiger partial charge is 0.260 e. The van der Waals surface area contributed by atoms with Gasteiger partial charge in [-0.1, -0.05) is 11.2 Å². The average molecular weight is 431 g/mol. The van der Waals surface area contributed by atoms with Crippen LogP contribution in [0.15, 0.2) is 17.3 Å². The normalized spacial score (nSPS) is 34.1. The molecule has 2 bridgehead atoms. The monoisotopic (exact) mass is 430 g/mol. The van der Waals surface area contributed by atoms with Crippen molar-refractivity contribution in [1.82, 2.24) is 10.2 Å². The number of piperidine rings is 1. The van der Waals surface area contributed by atoms with E-state index < -0.39 is 17.1 Å². The molecule has 2 aliphatic carbocycles. The van der Waals surface area contributed by atoms with Gasteiger partial charge in [0.2, 0.25) is 0 Å². The first-order valence-corrected chi connectivity index (χ1v) is 10.9. The molecule has 0 unspecified atom stereocenters.